The van der Waals surface area contributed by atoms with Crippen molar-refractivity contribution in [2.24, 2.45) is 9.98 Å². The molecule has 0 amide bonds. The number of aliphatic carboxylic acids is 2. The zero-order valence-corrected chi connectivity index (χ0v) is 30.2. The number of hydrogen-bond acceptors (Lipinski definition) is 6. The van der Waals surface area contributed by atoms with Gasteiger partial charge < -0.3 is 10.2 Å². The van der Waals surface area contributed by atoms with E-state index in [1.807, 2.05) is 83.9 Å². The molecule has 8 rings (SSSR count). The fourth-order valence-corrected chi connectivity index (χ4v) is 6.39. The van der Waals surface area contributed by atoms with Gasteiger partial charge in [0.25, 0.3) is 0 Å². The van der Waals surface area contributed by atoms with Crippen LogP contribution < -0.4 is 0 Å². The normalized spacial score (nSPS) is 12.6. The van der Waals surface area contributed by atoms with Crippen molar-refractivity contribution in [1.82, 2.24) is 19.1 Å². The fourth-order valence-electron chi connectivity index (χ4n) is 6.05. The monoisotopic (exact) mass is 766 g/mol. The number of imidazole rings is 2. The molecule has 54 heavy (non-hydrogen) atoms. The van der Waals surface area contributed by atoms with E-state index in [1.165, 1.54) is 12.1 Å². The number of nitrogens with zero attached hydrogens (tertiary/aromatic N) is 6. The first-order valence-corrected chi connectivity index (χ1v) is 17.1. The van der Waals surface area contributed by atoms with Gasteiger partial charge in [0.05, 0.1) is 59.7 Å². The molecule has 10 nitrogen and oxygen atoms in total. The molecule has 272 valence electrons. The van der Waals surface area contributed by atoms with E-state index in [2.05, 4.69) is 20.0 Å². The van der Waals surface area contributed by atoms with Crippen LogP contribution in [-0.4, -0.2) is 52.7 Å². The molecule has 6 aromatic rings. The van der Waals surface area contributed by atoms with Gasteiger partial charge in [0.1, 0.15) is 23.3 Å². The minimum absolute atomic E-state index is 0.293. The van der Waals surface area contributed by atoms with E-state index < -0.39 is 11.9 Å². The molecule has 4 aromatic carbocycles. The summed E-state index contributed by atoms with van der Waals surface area (Å²) in [6.07, 6.45) is 4.73. The molecule has 0 radical (unpaired) electrons. The van der Waals surface area contributed by atoms with Crippen molar-refractivity contribution in [2.75, 3.05) is 0 Å². The second kappa shape index (κ2) is 16.2. The highest BCUT2D eigenvalue weighted by molar-refractivity contribution is 6.32. The number of halogens is 4. The second-order valence-corrected chi connectivity index (χ2v) is 12.8. The Morgan fingerprint density at radius 3 is 1.39 bits per heavy atom. The largest absolute Gasteiger partial charge is 0.478 e. The molecule has 2 aromatic heterocycles. The number of carbonyl (C=O) groups is 2. The Bertz CT molecular complexity index is 2330. The highest BCUT2D eigenvalue weighted by atomic mass is 35.5. The molecule has 0 atom stereocenters. The van der Waals surface area contributed by atoms with Crippen molar-refractivity contribution in [3.8, 4) is 11.4 Å². The molecule has 2 N–H and O–H groups in total. The van der Waals surface area contributed by atoms with Crippen LogP contribution in [0, 0.1) is 25.5 Å². The van der Waals surface area contributed by atoms with Crippen molar-refractivity contribution in [3.63, 3.8) is 0 Å². The number of benzene rings is 4. The summed E-state index contributed by atoms with van der Waals surface area (Å²) in [5.41, 5.74) is 7.57. The first kappa shape index (κ1) is 37.5. The van der Waals surface area contributed by atoms with Gasteiger partial charge in [-0.25, -0.2) is 28.3 Å². The van der Waals surface area contributed by atoms with E-state index in [4.69, 9.17) is 33.4 Å². The zero-order chi connectivity index (χ0) is 38.5. The van der Waals surface area contributed by atoms with Gasteiger partial charge in [0.15, 0.2) is 0 Å². The average molecular weight is 768 g/mol. The van der Waals surface area contributed by atoms with E-state index in [1.54, 1.807) is 24.3 Å². The van der Waals surface area contributed by atoms with Crippen LogP contribution >= 0.6 is 23.2 Å². The summed E-state index contributed by atoms with van der Waals surface area (Å²) in [7, 11) is 0. The van der Waals surface area contributed by atoms with E-state index in [0.717, 1.165) is 45.5 Å². The van der Waals surface area contributed by atoms with E-state index in [9.17, 15) is 18.4 Å². The number of aryl methyl sites for hydroxylation is 2. The predicted molar refractivity (Wildman–Crippen MR) is 203 cm³/mol. The Balaban J connectivity index is 0.000000154. The number of rotatable bonds is 4. The molecule has 0 saturated carbocycles. The molecular formula is C40H30Cl2F2N6O4. The van der Waals surface area contributed by atoms with Crippen molar-refractivity contribution in [3.05, 3.63) is 176 Å². The third-order valence-electron chi connectivity index (χ3n) is 8.36. The van der Waals surface area contributed by atoms with Crippen LogP contribution in [0.15, 0.2) is 119 Å². The first-order chi connectivity index (χ1) is 25.9. The van der Waals surface area contributed by atoms with Gasteiger partial charge >= 0.3 is 11.9 Å². The van der Waals surface area contributed by atoms with Crippen LogP contribution in [0.1, 0.15) is 45.3 Å². The molecule has 0 aliphatic carbocycles. The number of hydrogen-bond donors (Lipinski definition) is 2. The summed E-state index contributed by atoms with van der Waals surface area (Å²) < 4.78 is 32.7. The number of aliphatic imine (C=N–C) groups is 2. The van der Waals surface area contributed by atoms with Gasteiger partial charge in [0.2, 0.25) is 0 Å². The average Bonchev–Trinajstić information content (AvgIpc) is 3.59. The lowest BCUT2D eigenvalue weighted by molar-refractivity contribution is -0.134. The summed E-state index contributed by atoms with van der Waals surface area (Å²) in [5.74, 6) is -1.36. The molecule has 14 heteroatoms. The van der Waals surface area contributed by atoms with Crippen LogP contribution in [0.3, 0.4) is 0 Å². The maximum absolute atomic E-state index is 14.3. The topological polar surface area (TPSA) is 135 Å². The Kier molecular flexibility index (Phi) is 11.2. The van der Waals surface area contributed by atoms with Gasteiger partial charge in [0, 0.05) is 44.5 Å². The van der Waals surface area contributed by atoms with Crippen molar-refractivity contribution in [2.45, 2.75) is 26.9 Å². The van der Waals surface area contributed by atoms with Crippen LogP contribution in [0.5, 0.6) is 0 Å². The molecule has 0 spiro atoms. The van der Waals surface area contributed by atoms with Crippen LogP contribution in [-0.2, 0) is 22.7 Å². The Morgan fingerprint density at radius 2 is 1.02 bits per heavy atom. The van der Waals surface area contributed by atoms with Gasteiger partial charge in [-0.15, -0.1) is 0 Å². The lowest BCUT2D eigenvalue weighted by Gasteiger charge is -2.14. The highest BCUT2D eigenvalue weighted by Gasteiger charge is 2.24. The van der Waals surface area contributed by atoms with Crippen LogP contribution in [0.4, 0.5) is 8.78 Å². The third kappa shape index (κ3) is 8.04. The minimum atomic E-state index is -1.26. The highest BCUT2D eigenvalue weighted by Crippen LogP contribution is 2.31. The number of aromatic nitrogens is 4. The van der Waals surface area contributed by atoms with Crippen LogP contribution in [0.25, 0.3) is 11.4 Å². The molecule has 2 aliphatic rings. The molecule has 0 unspecified atom stereocenters. The summed E-state index contributed by atoms with van der Waals surface area (Å²) in [6.45, 7) is 4.76. The lowest BCUT2D eigenvalue weighted by atomic mass is 10.00. The number of carboxylic acids is 2. The minimum Gasteiger partial charge on any atom is -0.478 e. The standard InChI is InChI=1S/2C18H13ClFN3.C4H4O4/c2*1-11-21-9-13-10-22-18(14-4-2-3-5-16(14)20)15-8-12(19)6-7-17(15)23(11)13;5-3(6)1-2-4(7)8/h2*2-9H,10H2,1H3;1-2H,(H,5,6)(H,7,8)/b;;2-1-. The van der Waals surface area contributed by atoms with E-state index in [-0.39, 0.29) is 11.6 Å². The van der Waals surface area contributed by atoms with E-state index >= 15 is 0 Å². The third-order valence-corrected chi connectivity index (χ3v) is 8.83. The smallest absolute Gasteiger partial charge is 0.328 e. The van der Waals surface area contributed by atoms with Crippen molar-refractivity contribution >= 4 is 46.6 Å². The SMILES string of the molecule is Cc1ncc2n1-c1ccc(Cl)cc1C(c1ccccc1F)=NC2.Cc1ncc2n1-c1ccc(Cl)cc1C(c1ccccc1F)=NC2.O=C(O)/C=C\C(=O)O. The summed E-state index contributed by atoms with van der Waals surface area (Å²) in [6, 6.07) is 24.5. The molecule has 2 aliphatic heterocycles. The maximum Gasteiger partial charge on any atom is 0.328 e. The lowest BCUT2D eigenvalue weighted by Crippen LogP contribution is -2.09. The predicted octanol–water partition coefficient (Wildman–Crippen LogP) is 8.36. The molecule has 0 saturated heterocycles. The van der Waals surface area contributed by atoms with Crippen molar-refractivity contribution < 1.29 is 28.6 Å². The molecular weight excluding hydrogens is 737 g/mol. The molecule has 4 heterocycles. The van der Waals surface area contributed by atoms with E-state index in [0.29, 0.717) is 57.8 Å². The van der Waals surface area contributed by atoms with Gasteiger partial charge in [-0.1, -0.05) is 47.5 Å². The second-order valence-electron chi connectivity index (χ2n) is 11.9. The van der Waals surface area contributed by atoms with Crippen molar-refractivity contribution in [1.29, 1.82) is 0 Å². The Labute approximate surface area is 318 Å². The quantitative estimate of drug-likeness (QED) is 0.173. The number of carboxylic acid groups (broad SMARTS) is 2. The maximum atomic E-state index is 14.3. The Morgan fingerprint density at radius 1 is 0.630 bits per heavy atom. The molecule has 0 bridgehead atoms. The number of fused-ring (bicyclic) bond motifs is 6. The molecule has 0 fully saturated rings. The van der Waals surface area contributed by atoms with Crippen LogP contribution in [0.2, 0.25) is 10.0 Å². The summed E-state index contributed by atoms with van der Waals surface area (Å²) in [5, 5.41) is 16.8. The Hall–Kier alpha value is -6.24. The summed E-state index contributed by atoms with van der Waals surface area (Å²) >= 11 is 12.4. The first-order valence-electron chi connectivity index (χ1n) is 16.3. The fraction of sp³-hybridized carbons (Fsp3) is 0.100. The van der Waals surface area contributed by atoms with Gasteiger partial charge in [-0.3, -0.25) is 19.1 Å². The summed E-state index contributed by atoms with van der Waals surface area (Å²) in [4.78, 5) is 37.1. The van der Waals surface area contributed by atoms with Gasteiger partial charge in [-0.2, -0.15) is 0 Å². The van der Waals surface area contributed by atoms with Gasteiger partial charge in [-0.05, 0) is 74.5 Å². The zero-order valence-electron chi connectivity index (χ0n) is 28.7.